The van der Waals surface area contributed by atoms with Gasteiger partial charge >= 0.3 is 5.97 Å². The molecule has 5 heteroatoms. The predicted molar refractivity (Wildman–Crippen MR) is 60.1 cm³/mol. The number of ether oxygens (including phenoxy) is 1. The molecule has 0 spiro atoms. The lowest BCUT2D eigenvalue weighted by molar-refractivity contribution is -0.151. The van der Waals surface area contributed by atoms with E-state index in [0.29, 0.717) is 25.0 Å². The van der Waals surface area contributed by atoms with Gasteiger partial charge in [0.05, 0.1) is 12.5 Å². The second-order valence-electron chi connectivity index (χ2n) is 4.45. The number of hydrogen-bond donors (Lipinski definition) is 1. The van der Waals surface area contributed by atoms with Crippen molar-refractivity contribution in [2.24, 2.45) is 5.92 Å². The number of phenolic OH excluding ortho intramolecular Hbond substituents is 1. The van der Waals surface area contributed by atoms with Crippen LogP contribution in [0.5, 0.6) is 5.75 Å². The molecule has 0 aliphatic heterocycles. The van der Waals surface area contributed by atoms with E-state index in [1.807, 2.05) is 0 Å². The van der Waals surface area contributed by atoms with Gasteiger partial charge in [0, 0.05) is 0 Å². The smallest absolute Gasteiger partial charge is 0.308 e. The lowest BCUT2D eigenvalue weighted by Crippen LogP contribution is -2.30. The van der Waals surface area contributed by atoms with Crippen molar-refractivity contribution < 1.29 is 23.4 Å². The second-order valence-corrected chi connectivity index (χ2v) is 4.45. The summed E-state index contributed by atoms with van der Waals surface area (Å²) in [5.41, 5.74) is 0.475. The van der Waals surface area contributed by atoms with E-state index in [-0.39, 0.29) is 17.8 Å². The van der Waals surface area contributed by atoms with Crippen molar-refractivity contribution in [2.45, 2.75) is 25.7 Å². The Kier molecular flexibility index (Phi) is 3.50. The van der Waals surface area contributed by atoms with Gasteiger partial charge in [-0.05, 0) is 43.4 Å². The Morgan fingerprint density at radius 2 is 1.94 bits per heavy atom. The minimum absolute atomic E-state index is 0.0518. The lowest BCUT2D eigenvalue weighted by Gasteiger charge is -2.33. The third kappa shape index (κ3) is 2.30. The minimum atomic E-state index is -0.968. The molecule has 0 amide bonds. The van der Waals surface area contributed by atoms with Crippen LogP contribution in [0.4, 0.5) is 8.78 Å². The number of benzene rings is 1. The van der Waals surface area contributed by atoms with Gasteiger partial charge in [-0.25, -0.2) is 8.78 Å². The van der Waals surface area contributed by atoms with Crippen LogP contribution in [0.15, 0.2) is 12.1 Å². The molecular weight excluding hydrogens is 242 g/mol. The molecule has 1 aromatic rings. The van der Waals surface area contributed by atoms with Crippen LogP contribution in [0.25, 0.3) is 0 Å². The number of esters is 1. The molecule has 1 aliphatic rings. The van der Waals surface area contributed by atoms with Gasteiger partial charge in [-0.3, -0.25) is 4.79 Å². The molecule has 0 saturated heterocycles. The number of halogens is 2. The van der Waals surface area contributed by atoms with Gasteiger partial charge in [0.1, 0.15) is 0 Å². The predicted octanol–water partition coefficient (Wildman–Crippen LogP) is 2.73. The zero-order valence-corrected chi connectivity index (χ0v) is 9.95. The van der Waals surface area contributed by atoms with Gasteiger partial charge in [-0.15, -0.1) is 0 Å². The molecule has 0 aromatic heterocycles. The van der Waals surface area contributed by atoms with E-state index in [1.54, 1.807) is 6.92 Å². The fourth-order valence-corrected chi connectivity index (χ4v) is 2.16. The van der Waals surface area contributed by atoms with E-state index in [2.05, 4.69) is 0 Å². The Hall–Kier alpha value is -1.65. The maximum absolute atomic E-state index is 13.2. The van der Waals surface area contributed by atoms with Crippen molar-refractivity contribution in [3.63, 3.8) is 0 Å². The largest absolute Gasteiger partial charge is 0.503 e. The molecule has 0 atom stereocenters. The number of phenols is 1. The van der Waals surface area contributed by atoms with Gasteiger partial charge in [-0.2, -0.15) is 0 Å². The summed E-state index contributed by atoms with van der Waals surface area (Å²) in [6, 6.07) is 2.23. The molecule has 3 nitrogen and oxygen atoms in total. The Labute approximate surface area is 103 Å². The van der Waals surface area contributed by atoms with E-state index in [1.165, 1.54) is 0 Å². The summed E-state index contributed by atoms with van der Waals surface area (Å²) < 4.78 is 31.2. The second kappa shape index (κ2) is 4.92. The average molecular weight is 256 g/mol. The Morgan fingerprint density at radius 3 is 2.44 bits per heavy atom. The molecule has 0 radical (unpaired) electrons. The average Bonchev–Trinajstić information content (AvgIpc) is 2.24. The maximum atomic E-state index is 13.2. The molecule has 1 N–H and O–H groups in total. The summed E-state index contributed by atoms with van der Waals surface area (Å²) in [5, 5.41) is 8.99. The normalized spacial score (nSPS) is 22.4. The molecular formula is C13H14F2O3. The number of carbonyl (C=O) groups is 1. The summed E-state index contributed by atoms with van der Waals surface area (Å²) in [6.45, 7) is 2.07. The third-order valence-electron chi connectivity index (χ3n) is 3.27. The SMILES string of the molecule is CCOC(=O)C1CC(c2cc(F)c(O)c(F)c2)C1. The van der Waals surface area contributed by atoms with Gasteiger partial charge in [0.2, 0.25) is 0 Å². The fraction of sp³-hybridized carbons (Fsp3) is 0.462. The van der Waals surface area contributed by atoms with Crippen LogP contribution in [0.2, 0.25) is 0 Å². The van der Waals surface area contributed by atoms with E-state index in [4.69, 9.17) is 9.84 Å². The molecule has 1 fully saturated rings. The van der Waals surface area contributed by atoms with Crippen LogP contribution in [-0.4, -0.2) is 17.7 Å². The van der Waals surface area contributed by atoms with Crippen LogP contribution < -0.4 is 0 Å². The zero-order chi connectivity index (χ0) is 13.3. The number of aromatic hydroxyl groups is 1. The first-order valence-corrected chi connectivity index (χ1v) is 5.87. The molecule has 0 heterocycles. The lowest BCUT2D eigenvalue weighted by atomic mass is 9.71. The highest BCUT2D eigenvalue weighted by molar-refractivity contribution is 5.73. The molecule has 1 saturated carbocycles. The zero-order valence-electron chi connectivity index (χ0n) is 9.95. The molecule has 2 rings (SSSR count). The third-order valence-corrected chi connectivity index (χ3v) is 3.27. The van der Waals surface area contributed by atoms with Gasteiger partial charge in [-0.1, -0.05) is 0 Å². The highest BCUT2D eigenvalue weighted by atomic mass is 19.1. The molecule has 18 heavy (non-hydrogen) atoms. The Morgan fingerprint density at radius 1 is 1.39 bits per heavy atom. The monoisotopic (exact) mass is 256 g/mol. The fourth-order valence-electron chi connectivity index (χ4n) is 2.16. The van der Waals surface area contributed by atoms with Crippen molar-refractivity contribution in [1.29, 1.82) is 0 Å². The summed E-state index contributed by atoms with van der Waals surface area (Å²) in [5.74, 6) is -3.39. The van der Waals surface area contributed by atoms with Crippen molar-refractivity contribution >= 4 is 5.97 Å². The van der Waals surface area contributed by atoms with Crippen molar-refractivity contribution in [2.75, 3.05) is 6.61 Å². The van der Waals surface area contributed by atoms with Crippen LogP contribution in [0, 0.1) is 17.6 Å². The topological polar surface area (TPSA) is 46.5 Å². The number of hydrogen-bond acceptors (Lipinski definition) is 3. The summed E-state index contributed by atoms with van der Waals surface area (Å²) >= 11 is 0. The molecule has 0 unspecified atom stereocenters. The summed E-state index contributed by atoms with van der Waals surface area (Å²) in [4.78, 5) is 11.4. The van der Waals surface area contributed by atoms with Crippen LogP contribution in [-0.2, 0) is 9.53 Å². The molecule has 0 bridgehead atoms. The van der Waals surface area contributed by atoms with Crippen molar-refractivity contribution in [1.82, 2.24) is 0 Å². The van der Waals surface area contributed by atoms with Crippen LogP contribution >= 0.6 is 0 Å². The van der Waals surface area contributed by atoms with E-state index in [0.717, 1.165) is 12.1 Å². The van der Waals surface area contributed by atoms with Crippen LogP contribution in [0.1, 0.15) is 31.2 Å². The standard InChI is InChI=1S/C13H14F2O3/c1-2-18-13(17)9-3-7(4-9)8-5-10(14)12(16)11(15)6-8/h5-7,9,16H,2-4H2,1H3. The molecule has 1 aliphatic carbocycles. The minimum Gasteiger partial charge on any atom is -0.503 e. The number of rotatable bonds is 3. The quantitative estimate of drug-likeness (QED) is 0.846. The molecule has 1 aromatic carbocycles. The Bertz CT molecular complexity index is 444. The van der Waals surface area contributed by atoms with Gasteiger partial charge < -0.3 is 9.84 Å². The van der Waals surface area contributed by atoms with Crippen LogP contribution in [0.3, 0.4) is 0 Å². The molecule has 98 valence electrons. The highest BCUT2D eigenvalue weighted by Crippen LogP contribution is 2.43. The van der Waals surface area contributed by atoms with Crippen molar-refractivity contribution in [3.05, 3.63) is 29.3 Å². The van der Waals surface area contributed by atoms with Gasteiger partial charge in [0.25, 0.3) is 0 Å². The maximum Gasteiger partial charge on any atom is 0.308 e. The first kappa shape index (κ1) is 12.8. The summed E-state index contributed by atoms with van der Waals surface area (Å²) in [6.07, 6.45) is 1.06. The van der Waals surface area contributed by atoms with E-state index >= 15 is 0 Å². The Balaban J connectivity index is 2.02. The first-order chi connectivity index (χ1) is 8.52. The van der Waals surface area contributed by atoms with Gasteiger partial charge in [0.15, 0.2) is 17.4 Å². The first-order valence-electron chi connectivity index (χ1n) is 5.87. The van der Waals surface area contributed by atoms with E-state index < -0.39 is 17.4 Å². The summed E-state index contributed by atoms with van der Waals surface area (Å²) in [7, 11) is 0. The number of carbonyl (C=O) groups excluding carboxylic acids is 1. The highest BCUT2D eigenvalue weighted by Gasteiger charge is 2.36. The van der Waals surface area contributed by atoms with Crippen molar-refractivity contribution in [3.8, 4) is 5.75 Å². The van der Waals surface area contributed by atoms with E-state index in [9.17, 15) is 13.6 Å².